The van der Waals surface area contributed by atoms with E-state index in [1.54, 1.807) is 19.0 Å². The van der Waals surface area contributed by atoms with Crippen molar-refractivity contribution in [2.24, 2.45) is 0 Å². The highest BCUT2D eigenvalue weighted by Crippen LogP contribution is 2.32. The molecule has 0 radical (unpaired) electrons. The summed E-state index contributed by atoms with van der Waals surface area (Å²) in [7, 11) is 3.47. The number of aryl methyl sites for hydroxylation is 1. The van der Waals surface area contributed by atoms with E-state index in [9.17, 15) is 9.90 Å². The summed E-state index contributed by atoms with van der Waals surface area (Å²) in [5, 5.41) is 9.96. The molecule has 19 heavy (non-hydrogen) atoms. The van der Waals surface area contributed by atoms with E-state index in [0.717, 1.165) is 30.6 Å². The van der Waals surface area contributed by atoms with Crippen LogP contribution in [0.25, 0.3) is 0 Å². The van der Waals surface area contributed by atoms with E-state index in [1.165, 1.54) is 5.56 Å². The van der Waals surface area contributed by atoms with Gasteiger partial charge >= 0.3 is 0 Å². The van der Waals surface area contributed by atoms with E-state index in [0.29, 0.717) is 13.0 Å². The molecule has 1 aliphatic carbocycles. The van der Waals surface area contributed by atoms with Crippen molar-refractivity contribution < 1.29 is 14.6 Å². The lowest BCUT2D eigenvalue weighted by atomic mass is 9.89. The standard InChI is InChI=1S/C15H21NO3/c1-16(2)15(18)8-9-19-12-7-6-11-4-3-5-14(17)13(11)10-12/h6-7,10,14,17H,3-5,8-9H2,1-2H3/t14-/m0/s1. The van der Waals surface area contributed by atoms with Gasteiger partial charge in [-0.1, -0.05) is 6.07 Å². The van der Waals surface area contributed by atoms with Crippen LogP contribution in [0.15, 0.2) is 18.2 Å². The number of hydrogen-bond donors (Lipinski definition) is 1. The minimum absolute atomic E-state index is 0.0537. The van der Waals surface area contributed by atoms with Crippen molar-refractivity contribution in [1.82, 2.24) is 4.90 Å². The second kappa shape index (κ2) is 6.06. The number of carbonyl (C=O) groups excluding carboxylic acids is 1. The molecule has 2 rings (SSSR count). The van der Waals surface area contributed by atoms with Crippen LogP contribution in [-0.4, -0.2) is 36.6 Å². The van der Waals surface area contributed by atoms with Crippen LogP contribution in [0, 0.1) is 0 Å². The van der Waals surface area contributed by atoms with Crippen LogP contribution in [0.2, 0.25) is 0 Å². The first-order chi connectivity index (χ1) is 9.08. The van der Waals surface area contributed by atoms with Gasteiger partial charge in [-0.05, 0) is 42.5 Å². The number of rotatable bonds is 4. The molecule has 4 nitrogen and oxygen atoms in total. The van der Waals surface area contributed by atoms with E-state index in [2.05, 4.69) is 0 Å². The summed E-state index contributed by atoms with van der Waals surface area (Å²) in [5.74, 6) is 0.782. The summed E-state index contributed by atoms with van der Waals surface area (Å²) >= 11 is 0. The van der Waals surface area contributed by atoms with Gasteiger partial charge in [-0.25, -0.2) is 0 Å². The molecule has 1 N–H and O–H groups in total. The maximum Gasteiger partial charge on any atom is 0.225 e. The zero-order chi connectivity index (χ0) is 13.8. The Morgan fingerprint density at radius 3 is 3.00 bits per heavy atom. The molecule has 4 heteroatoms. The number of nitrogens with zero attached hydrogens (tertiary/aromatic N) is 1. The average Bonchev–Trinajstić information content (AvgIpc) is 2.39. The first kappa shape index (κ1) is 13.9. The Morgan fingerprint density at radius 1 is 1.47 bits per heavy atom. The van der Waals surface area contributed by atoms with Gasteiger partial charge in [-0.2, -0.15) is 0 Å². The first-order valence-corrected chi connectivity index (χ1v) is 6.72. The highest BCUT2D eigenvalue weighted by Gasteiger charge is 2.18. The lowest BCUT2D eigenvalue weighted by molar-refractivity contribution is -0.129. The third kappa shape index (κ3) is 3.47. The van der Waals surface area contributed by atoms with Crippen molar-refractivity contribution in [2.75, 3.05) is 20.7 Å². The van der Waals surface area contributed by atoms with E-state index in [4.69, 9.17) is 4.74 Å². The summed E-state index contributed by atoms with van der Waals surface area (Å²) < 4.78 is 5.58. The smallest absolute Gasteiger partial charge is 0.225 e. The number of benzene rings is 1. The zero-order valence-corrected chi connectivity index (χ0v) is 11.6. The molecule has 0 bridgehead atoms. The van der Waals surface area contributed by atoms with Crippen LogP contribution in [0.1, 0.15) is 36.5 Å². The van der Waals surface area contributed by atoms with Gasteiger partial charge in [-0.15, -0.1) is 0 Å². The number of aliphatic hydroxyl groups excluding tert-OH is 1. The lowest BCUT2D eigenvalue weighted by Crippen LogP contribution is -2.23. The van der Waals surface area contributed by atoms with Gasteiger partial charge in [-0.3, -0.25) is 4.79 Å². The molecule has 0 saturated carbocycles. The molecule has 0 aliphatic heterocycles. The fourth-order valence-electron chi connectivity index (χ4n) is 2.32. The third-order valence-corrected chi connectivity index (χ3v) is 3.48. The third-order valence-electron chi connectivity index (χ3n) is 3.48. The minimum Gasteiger partial charge on any atom is -0.493 e. The van der Waals surface area contributed by atoms with Crippen molar-refractivity contribution in [3.63, 3.8) is 0 Å². The van der Waals surface area contributed by atoms with Crippen molar-refractivity contribution in [2.45, 2.75) is 31.8 Å². The SMILES string of the molecule is CN(C)C(=O)CCOc1ccc2c(c1)[C@@H](O)CCC2. The Bertz CT molecular complexity index is 457. The predicted octanol–water partition coefficient (Wildman–Crippen LogP) is 1.91. The van der Waals surface area contributed by atoms with E-state index in [-0.39, 0.29) is 12.0 Å². The summed E-state index contributed by atoms with van der Waals surface area (Å²) in [4.78, 5) is 13.0. The number of aliphatic hydroxyl groups is 1. The maximum atomic E-state index is 11.4. The molecule has 0 fully saturated rings. The summed E-state index contributed by atoms with van der Waals surface area (Å²) in [6.45, 7) is 0.367. The zero-order valence-electron chi connectivity index (χ0n) is 11.6. The van der Waals surface area contributed by atoms with Crippen molar-refractivity contribution >= 4 is 5.91 Å². The summed E-state index contributed by atoms with van der Waals surface area (Å²) in [6.07, 6.45) is 2.86. The molecule has 104 valence electrons. The molecular formula is C15H21NO3. The monoisotopic (exact) mass is 263 g/mol. The first-order valence-electron chi connectivity index (χ1n) is 6.72. The van der Waals surface area contributed by atoms with Crippen LogP contribution in [0.3, 0.4) is 0 Å². The summed E-state index contributed by atoms with van der Waals surface area (Å²) in [6, 6.07) is 5.83. The van der Waals surface area contributed by atoms with Crippen LogP contribution in [0.5, 0.6) is 5.75 Å². The normalized spacial score (nSPS) is 17.7. The van der Waals surface area contributed by atoms with Gasteiger partial charge in [0.25, 0.3) is 0 Å². The Hall–Kier alpha value is -1.55. The molecule has 0 aromatic heterocycles. The molecular weight excluding hydrogens is 242 g/mol. The topological polar surface area (TPSA) is 49.8 Å². The molecule has 1 aromatic carbocycles. The lowest BCUT2D eigenvalue weighted by Gasteiger charge is -2.22. The Labute approximate surface area is 114 Å². The fourth-order valence-corrected chi connectivity index (χ4v) is 2.32. The Balaban J connectivity index is 1.95. The quantitative estimate of drug-likeness (QED) is 0.902. The number of carbonyl (C=O) groups is 1. The molecule has 0 unspecified atom stereocenters. The highest BCUT2D eigenvalue weighted by atomic mass is 16.5. The maximum absolute atomic E-state index is 11.4. The Morgan fingerprint density at radius 2 is 2.26 bits per heavy atom. The van der Waals surface area contributed by atoms with E-state index >= 15 is 0 Å². The second-order valence-electron chi connectivity index (χ2n) is 5.16. The predicted molar refractivity (Wildman–Crippen MR) is 73.1 cm³/mol. The van der Waals surface area contributed by atoms with Gasteiger partial charge in [0.05, 0.1) is 19.1 Å². The van der Waals surface area contributed by atoms with Gasteiger partial charge < -0.3 is 14.7 Å². The number of fused-ring (bicyclic) bond motifs is 1. The molecule has 0 spiro atoms. The molecule has 1 atom stereocenters. The van der Waals surface area contributed by atoms with Crippen molar-refractivity contribution in [3.8, 4) is 5.75 Å². The largest absolute Gasteiger partial charge is 0.493 e. The van der Waals surface area contributed by atoms with Crippen molar-refractivity contribution in [1.29, 1.82) is 0 Å². The molecule has 0 heterocycles. The van der Waals surface area contributed by atoms with Crippen LogP contribution in [0.4, 0.5) is 0 Å². The van der Waals surface area contributed by atoms with Gasteiger partial charge in [0.2, 0.25) is 5.91 Å². The molecule has 1 amide bonds. The van der Waals surface area contributed by atoms with Gasteiger partial charge in [0.15, 0.2) is 0 Å². The highest BCUT2D eigenvalue weighted by molar-refractivity contribution is 5.75. The van der Waals surface area contributed by atoms with E-state index in [1.807, 2.05) is 18.2 Å². The second-order valence-corrected chi connectivity index (χ2v) is 5.16. The van der Waals surface area contributed by atoms with Crippen LogP contribution >= 0.6 is 0 Å². The molecule has 1 aliphatic rings. The van der Waals surface area contributed by atoms with Crippen LogP contribution in [-0.2, 0) is 11.2 Å². The van der Waals surface area contributed by atoms with Gasteiger partial charge in [0.1, 0.15) is 5.75 Å². The Kier molecular flexibility index (Phi) is 4.43. The number of amides is 1. The number of ether oxygens (including phenoxy) is 1. The molecule has 1 aromatic rings. The number of hydrogen-bond acceptors (Lipinski definition) is 3. The van der Waals surface area contributed by atoms with E-state index < -0.39 is 0 Å². The summed E-state index contributed by atoms with van der Waals surface area (Å²) in [5.41, 5.74) is 2.18. The fraction of sp³-hybridized carbons (Fsp3) is 0.533. The van der Waals surface area contributed by atoms with Crippen LogP contribution < -0.4 is 4.74 Å². The van der Waals surface area contributed by atoms with Gasteiger partial charge in [0, 0.05) is 14.1 Å². The average molecular weight is 263 g/mol. The molecule has 0 saturated heterocycles. The van der Waals surface area contributed by atoms with Crippen molar-refractivity contribution in [3.05, 3.63) is 29.3 Å². The minimum atomic E-state index is -0.379.